The quantitative estimate of drug-likeness (QED) is 0.462. The SMILES string of the molecule is NC(=O)C(N)CC(=O)c1ccccc1N. The lowest BCUT2D eigenvalue weighted by molar-refractivity contribution is -0.119. The summed E-state index contributed by atoms with van der Waals surface area (Å²) < 4.78 is 0. The van der Waals surface area contributed by atoms with Crippen LogP contribution < -0.4 is 17.2 Å². The molecule has 0 aliphatic carbocycles. The Labute approximate surface area is 87.2 Å². The number of benzene rings is 1. The van der Waals surface area contributed by atoms with Gasteiger partial charge in [0.05, 0.1) is 6.04 Å². The third-order valence-corrected chi connectivity index (χ3v) is 2.03. The molecule has 0 aliphatic heterocycles. The second kappa shape index (κ2) is 4.56. The summed E-state index contributed by atoms with van der Waals surface area (Å²) >= 11 is 0. The van der Waals surface area contributed by atoms with Crippen LogP contribution in [0, 0.1) is 0 Å². The highest BCUT2D eigenvalue weighted by Crippen LogP contribution is 2.13. The zero-order chi connectivity index (χ0) is 11.4. The standard InChI is InChI=1S/C10H13N3O2/c11-7-4-2-1-3-6(7)9(14)5-8(12)10(13)15/h1-4,8H,5,11-12H2,(H2,13,15). The number of nitrogens with two attached hydrogens (primary N) is 3. The Morgan fingerprint density at radius 2 is 1.87 bits per heavy atom. The summed E-state index contributed by atoms with van der Waals surface area (Å²) in [5, 5.41) is 0. The van der Waals surface area contributed by atoms with E-state index in [1.165, 1.54) is 0 Å². The molecule has 1 amide bonds. The van der Waals surface area contributed by atoms with Gasteiger partial charge in [-0.3, -0.25) is 9.59 Å². The number of primary amides is 1. The van der Waals surface area contributed by atoms with Gasteiger partial charge in [0, 0.05) is 17.7 Å². The number of carbonyl (C=O) groups excluding carboxylic acids is 2. The van der Waals surface area contributed by atoms with E-state index in [4.69, 9.17) is 17.2 Å². The molecule has 5 nitrogen and oxygen atoms in total. The molecule has 1 aromatic carbocycles. The largest absolute Gasteiger partial charge is 0.398 e. The van der Waals surface area contributed by atoms with E-state index < -0.39 is 11.9 Å². The van der Waals surface area contributed by atoms with Crippen molar-refractivity contribution in [2.75, 3.05) is 5.73 Å². The molecule has 1 rings (SSSR count). The van der Waals surface area contributed by atoms with Crippen molar-refractivity contribution >= 4 is 17.4 Å². The Kier molecular flexibility index (Phi) is 3.41. The molecule has 80 valence electrons. The smallest absolute Gasteiger partial charge is 0.234 e. The van der Waals surface area contributed by atoms with Crippen molar-refractivity contribution in [2.45, 2.75) is 12.5 Å². The number of anilines is 1. The molecule has 15 heavy (non-hydrogen) atoms. The molecular formula is C10H13N3O2. The van der Waals surface area contributed by atoms with Gasteiger partial charge in [0.1, 0.15) is 0 Å². The highest BCUT2D eigenvalue weighted by atomic mass is 16.1. The fraction of sp³-hybridized carbons (Fsp3) is 0.200. The maximum Gasteiger partial charge on any atom is 0.234 e. The van der Waals surface area contributed by atoms with Crippen LogP contribution in [0.2, 0.25) is 0 Å². The first kappa shape index (κ1) is 11.2. The minimum absolute atomic E-state index is 0.121. The van der Waals surface area contributed by atoms with Gasteiger partial charge in [0.15, 0.2) is 5.78 Å². The molecule has 0 radical (unpaired) electrons. The maximum absolute atomic E-state index is 11.6. The normalized spacial score (nSPS) is 12.1. The second-order valence-corrected chi connectivity index (χ2v) is 3.22. The van der Waals surface area contributed by atoms with Crippen molar-refractivity contribution in [3.63, 3.8) is 0 Å². The van der Waals surface area contributed by atoms with Crippen LogP contribution in [0.15, 0.2) is 24.3 Å². The summed E-state index contributed by atoms with van der Waals surface area (Å²) in [5.74, 6) is -0.975. The van der Waals surface area contributed by atoms with Crippen molar-refractivity contribution in [1.82, 2.24) is 0 Å². The zero-order valence-electron chi connectivity index (χ0n) is 8.14. The van der Waals surface area contributed by atoms with E-state index in [1.807, 2.05) is 0 Å². The maximum atomic E-state index is 11.6. The fourth-order valence-electron chi connectivity index (χ4n) is 1.16. The lowest BCUT2D eigenvalue weighted by atomic mass is 10.0. The van der Waals surface area contributed by atoms with Crippen LogP contribution in [-0.4, -0.2) is 17.7 Å². The lowest BCUT2D eigenvalue weighted by Crippen LogP contribution is -2.38. The van der Waals surface area contributed by atoms with Gasteiger partial charge < -0.3 is 17.2 Å². The summed E-state index contributed by atoms with van der Waals surface area (Å²) in [7, 11) is 0. The van der Waals surface area contributed by atoms with E-state index in [1.54, 1.807) is 24.3 Å². The number of para-hydroxylation sites is 1. The Hall–Kier alpha value is -1.88. The van der Waals surface area contributed by atoms with Gasteiger partial charge in [-0.2, -0.15) is 0 Å². The van der Waals surface area contributed by atoms with Gasteiger partial charge in [-0.05, 0) is 12.1 Å². The number of rotatable bonds is 4. The fourth-order valence-corrected chi connectivity index (χ4v) is 1.16. The van der Waals surface area contributed by atoms with Crippen molar-refractivity contribution in [3.05, 3.63) is 29.8 Å². The summed E-state index contributed by atoms with van der Waals surface area (Å²) in [5.41, 5.74) is 16.7. The topological polar surface area (TPSA) is 112 Å². The van der Waals surface area contributed by atoms with E-state index in [-0.39, 0.29) is 12.2 Å². The summed E-state index contributed by atoms with van der Waals surface area (Å²) in [4.78, 5) is 22.3. The Morgan fingerprint density at radius 1 is 1.27 bits per heavy atom. The van der Waals surface area contributed by atoms with E-state index in [0.29, 0.717) is 11.3 Å². The van der Waals surface area contributed by atoms with E-state index in [9.17, 15) is 9.59 Å². The Bertz CT molecular complexity index is 390. The molecule has 1 atom stereocenters. The third kappa shape index (κ3) is 2.78. The molecule has 5 heteroatoms. The Morgan fingerprint density at radius 3 is 2.40 bits per heavy atom. The number of Topliss-reactive ketones (excluding diaryl/α,β-unsaturated/α-hetero) is 1. The van der Waals surface area contributed by atoms with E-state index in [0.717, 1.165) is 0 Å². The molecule has 0 aromatic heterocycles. The van der Waals surface area contributed by atoms with Gasteiger partial charge >= 0.3 is 0 Å². The van der Waals surface area contributed by atoms with Crippen molar-refractivity contribution in [3.8, 4) is 0 Å². The third-order valence-electron chi connectivity index (χ3n) is 2.03. The van der Waals surface area contributed by atoms with E-state index >= 15 is 0 Å². The van der Waals surface area contributed by atoms with Crippen LogP contribution in [0.25, 0.3) is 0 Å². The molecule has 0 bridgehead atoms. The molecule has 0 saturated heterocycles. The van der Waals surface area contributed by atoms with Crippen LogP contribution in [-0.2, 0) is 4.79 Å². The van der Waals surface area contributed by atoms with Crippen molar-refractivity contribution in [1.29, 1.82) is 0 Å². The number of hydrogen-bond donors (Lipinski definition) is 3. The predicted molar refractivity (Wildman–Crippen MR) is 57.0 cm³/mol. The first-order valence-electron chi connectivity index (χ1n) is 4.45. The van der Waals surface area contributed by atoms with Gasteiger partial charge in [-0.25, -0.2) is 0 Å². The van der Waals surface area contributed by atoms with Crippen LogP contribution in [0.1, 0.15) is 16.8 Å². The highest BCUT2D eigenvalue weighted by molar-refractivity contribution is 6.03. The molecule has 0 fully saturated rings. The number of carbonyl (C=O) groups is 2. The minimum atomic E-state index is -0.961. The molecule has 0 aliphatic rings. The molecule has 6 N–H and O–H groups in total. The van der Waals surface area contributed by atoms with Gasteiger partial charge in [0.2, 0.25) is 5.91 Å². The van der Waals surface area contributed by atoms with Crippen LogP contribution in [0.5, 0.6) is 0 Å². The molecular weight excluding hydrogens is 194 g/mol. The number of ketones is 1. The molecule has 0 heterocycles. The van der Waals surface area contributed by atoms with Crippen LogP contribution in [0.3, 0.4) is 0 Å². The van der Waals surface area contributed by atoms with Crippen molar-refractivity contribution < 1.29 is 9.59 Å². The monoisotopic (exact) mass is 207 g/mol. The first-order chi connectivity index (χ1) is 7.02. The van der Waals surface area contributed by atoms with E-state index in [2.05, 4.69) is 0 Å². The molecule has 0 spiro atoms. The van der Waals surface area contributed by atoms with Crippen molar-refractivity contribution in [2.24, 2.45) is 11.5 Å². The van der Waals surface area contributed by atoms with Gasteiger partial charge in [0.25, 0.3) is 0 Å². The lowest BCUT2D eigenvalue weighted by Gasteiger charge is -2.07. The number of amides is 1. The summed E-state index contributed by atoms with van der Waals surface area (Å²) in [6.45, 7) is 0. The summed E-state index contributed by atoms with van der Waals surface area (Å²) in [6, 6.07) is 5.66. The van der Waals surface area contributed by atoms with Gasteiger partial charge in [-0.1, -0.05) is 12.1 Å². The number of hydrogen-bond acceptors (Lipinski definition) is 4. The summed E-state index contributed by atoms with van der Waals surface area (Å²) in [6.07, 6.45) is -0.121. The van der Waals surface area contributed by atoms with Crippen LogP contribution >= 0.6 is 0 Å². The van der Waals surface area contributed by atoms with Gasteiger partial charge in [-0.15, -0.1) is 0 Å². The van der Waals surface area contributed by atoms with Crippen LogP contribution in [0.4, 0.5) is 5.69 Å². The molecule has 0 saturated carbocycles. The minimum Gasteiger partial charge on any atom is -0.398 e. The predicted octanol–water partition coefficient (Wildman–Crippen LogP) is -0.346. The average molecular weight is 207 g/mol. The number of nitrogen functional groups attached to an aromatic ring is 1. The molecule has 1 aromatic rings. The first-order valence-corrected chi connectivity index (χ1v) is 4.45. The highest BCUT2D eigenvalue weighted by Gasteiger charge is 2.17. The Balaban J connectivity index is 2.78. The zero-order valence-corrected chi connectivity index (χ0v) is 8.14. The average Bonchev–Trinajstić information content (AvgIpc) is 2.18. The second-order valence-electron chi connectivity index (χ2n) is 3.22. The molecule has 1 unspecified atom stereocenters.